The van der Waals surface area contributed by atoms with Crippen molar-refractivity contribution in [1.82, 2.24) is 4.90 Å². The van der Waals surface area contributed by atoms with E-state index in [0.29, 0.717) is 34.6 Å². The van der Waals surface area contributed by atoms with Crippen LogP contribution in [0.15, 0.2) is 76.6 Å². The zero-order chi connectivity index (χ0) is 31.3. The number of hydrogen-bond donors (Lipinski definition) is 4. The highest BCUT2D eigenvalue weighted by atomic mass is 32.1. The number of hydrogen-bond acceptors (Lipinski definition) is 7. The molecule has 0 spiro atoms. The molecule has 0 fully saturated rings. The summed E-state index contributed by atoms with van der Waals surface area (Å²) in [6.45, 7) is 3.34. The van der Waals surface area contributed by atoms with Crippen molar-refractivity contribution in [3.8, 4) is 5.75 Å². The minimum atomic E-state index is -1.19. The maximum Gasteiger partial charge on any atom is 0.345 e. The number of fused-ring (bicyclic) bond motifs is 1. The van der Waals surface area contributed by atoms with Crippen LogP contribution in [-0.4, -0.2) is 50.9 Å². The first-order valence-electron chi connectivity index (χ1n) is 13.2. The third-order valence-electron chi connectivity index (χ3n) is 6.84. The molecule has 43 heavy (non-hydrogen) atoms. The lowest BCUT2D eigenvalue weighted by Crippen LogP contribution is -2.43. The number of carboxylic acid groups (broad SMARTS) is 2. The van der Waals surface area contributed by atoms with Crippen LogP contribution in [0, 0.1) is 0 Å². The standard InChI is InChI=1S/C31H30N4O7S/c1-17-3-4-20(27(36)35(18(2)28(37)38)15-19-13-26(29(39)40)43-16-19)5-6-22-14-24(11-12-25(17)22)42-30(41)21-7-9-23(10-8-21)34-31(32)33/h4-14,16-18H,3,15H2,1-2H3,(H,37,38)(H,39,40)(H4,32,33,34)/b6-5-,20-4-/t17?,18-/m0/s1. The van der Waals surface area contributed by atoms with Crippen molar-refractivity contribution in [3.05, 3.63) is 98.8 Å². The topological polar surface area (TPSA) is 186 Å². The van der Waals surface area contributed by atoms with Gasteiger partial charge >= 0.3 is 17.9 Å². The summed E-state index contributed by atoms with van der Waals surface area (Å²) in [4.78, 5) is 54.8. The molecule has 1 aliphatic carbocycles. The fourth-order valence-corrected chi connectivity index (χ4v) is 5.23. The Balaban J connectivity index is 1.56. The Labute approximate surface area is 251 Å². The van der Waals surface area contributed by atoms with Gasteiger partial charge in [0, 0.05) is 12.1 Å². The number of carbonyl (C=O) groups is 4. The molecule has 12 heteroatoms. The van der Waals surface area contributed by atoms with E-state index in [1.165, 1.54) is 17.9 Å². The molecular weight excluding hydrogens is 572 g/mol. The predicted molar refractivity (Wildman–Crippen MR) is 162 cm³/mol. The van der Waals surface area contributed by atoms with Crippen LogP contribution < -0.4 is 16.2 Å². The minimum absolute atomic E-state index is 0.00377. The van der Waals surface area contributed by atoms with Crippen molar-refractivity contribution < 1.29 is 34.1 Å². The molecule has 3 aromatic rings. The molecule has 2 atom stereocenters. The number of thiophene rings is 1. The summed E-state index contributed by atoms with van der Waals surface area (Å²) in [6.07, 6.45) is 5.60. The average molecular weight is 603 g/mol. The summed E-state index contributed by atoms with van der Waals surface area (Å²) < 4.78 is 5.60. The number of nitrogens with two attached hydrogens (primary N) is 2. The molecule has 1 aromatic heterocycles. The Morgan fingerprint density at radius 3 is 2.42 bits per heavy atom. The van der Waals surface area contributed by atoms with Crippen LogP contribution in [-0.2, 0) is 16.1 Å². The van der Waals surface area contributed by atoms with Gasteiger partial charge in [0.2, 0.25) is 0 Å². The van der Waals surface area contributed by atoms with E-state index in [9.17, 15) is 29.4 Å². The number of esters is 1. The number of aliphatic imine (C=N–C) groups is 1. The smallest absolute Gasteiger partial charge is 0.345 e. The first-order chi connectivity index (χ1) is 20.4. The van der Waals surface area contributed by atoms with E-state index < -0.39 is 29.9 Å². The van der Waals surface area contributed by atoms with Gasteiger partial charge < -0.3 is 31.3 Å². The van der Waals surface area contributed by atoms with E-state index in [4.69, 9.17) is 16.2 Å². The molecule has 0 aliphatic heterocycles. The Morgan fingerprint density at radius 1 is 1.07 bits per heavy atom. The Morgan fingerprint density at radius 2 is 1.79 bits per heavy atom. The molecule has 0 saturated heterocycles. The van der Waals surface area contributed by atoms with Crippen LogP contribution in [0.1, 0.15) is 62.9 Å². The molecule has 6 N–H and O–H groups in total. The zero-order valence-corrected chi connectivity index (χ0v) is 24.2. The van der Waals surface area contributed by atoms with Crippen LogP contribution in [0.3, 0.4) is 0 Å². The van der Waals surface area contributed by atoms with Crippen molar-refractivity contribution in [3.63, 3.8) is 0 Å². The normalized spacial score (nSPS) is 16.7. The third kappa shape index (κ3) is 7.54. The minimum Gasteiger partial charge on any atom is -0.480 e. The van der Waals surface area contributed by atoms with Crippen LogP contribution >= 0.6 is 11.3 Å². The van der Waals surface area contributed by atoms with Gasteiger partial charge in [-0.05, 0) is 89.9 Å². The Kier molecular flexibility index (Phi) is 9.41. The molecule has 2 aromatic carbocycles. The monoisotopic (exact) mass is 602 g/mol. The molecule has 4 rings (SSSR count). The highest BCUT2D eigenvalue weighted by molar-refractivity contribution is 7.12. The van der Waals surface area contributed by atoms with Crippen LogP contribution in [0.4, 0.5) is 5.69 Å². The largest absolute Gasteiger partial charge is 0.480 e. The number of nitrogens with zero attached hydrogens (tertiary/aromatic N) is 2. The van der Waals surface area contributed by atoms with Gasteiger partial charge in [0.1, 0.15) is 16.7 Å². The summed E-state index contributed by atoms with van der Waals surface area (Å²) in [6, 6.07) is 11.8. The highest BCUT2D eigenvalue weighted by Gasteiger charge is 2.28. The second-order valence-electron chi connectivity index (χ2n) is 9.96. The highest BCUT2D eigenvalue weighted by Crippen LogP contribution is 2.31. The zero-order valence-electron chi connectivity index (χ0n) is 23.4. The molecule has 0 saturated carbocycles. The number of carboxylic acids is 2. The lowest BCUT2D eigenvalue weighted by molar-refractivity contribution is -0.148. The van der Waals surface area contributed by atoms with E-state index >= 15 is 0 Å². The van der Waals surface area contributed by atoms with Gasteiger partial charge in [-0.2, -0.15) is 0 Å². The van der Waals surface area contributed by atoms with Crippen molar-refractivity contribution >= 4 is 52.9 Å². The molecule has 1 amide bonds. The van der Waals surface area contributed by atoms with E-state index in [0.717, 1.165) is 22.5 Å². The van der Waals surface area contributed by atoms with Crippen LogP contribution in [0.25, 0.3) is 6.08 Å². The van der Waals surface area contributed by atoms with E-state index in [1.807, 2.05) is 13.0 Å². The van der Waals surface area contributed by atoms with Gasteiger partial charge in [0.25, 0.3) is 5.91 Å². The number of allylic oxidation sites excluding steroid dienone is 1. The van der Waals surface area contributed by atoms with Gasteiger partial charge in [0.15, 0.2) is 5.96 Å². The maximum atomic E-state index is 13.7. The summed E-state index contributed by atoms with van der Waals surface area (Å²) in [5, 5.41) is 20.5. The van der Waals surface area contributed by atoms with E-state index in [2.05, 4.69) is 4.99 Å². The first kappa shape index (κ1) is 30.7. The molecule has 1 unspecified atom stereocenters. The summed E-state index contributed by atoms with van der Waals surface area (Å²) in [5.41, 5.74) is 14.1. The fraction of sp³-hybridized carbons (Fsp3) is 0.194. The number of carbonyl (C=O) groups excluding carboxylic acids is 2. The molecular formula is C31H30N4O7S. The second kappa shape index (κ2) is 13.2. The summed E-state index contributed by atoms with van der Waals surface area (Å²) >= 11 is 1.01. The van der Waals surface area contributed by atoms with Gasteiger partial charge in [-0.15, -0.1) is 11.3 Å². The van der Waals surface area contributed by atoms with Crippen LogP contribution in [0.2, 0.25) is 0 Å². The number of benzene rings is 2. The van der Waals surface area contributed by atoms with E-state index in [-0.39, 0.29) is 23.3 Å². The lowest BCUT2D eigenvalue weighted by Gasteiger charge is -2.27. The van der Waals surface area contributed by atoms with Gasteiger partial charge in [0.05, 0.1) is 11.3 Å². The maximum absolute atomic E-state index is 13.7. The van der Waals surface area contributed by atoms with Gasteiger partial charge in [-0.1, -0.05) is 25.1 Å². The number of rotatable bonds is 9. The van der Waals surface area contributed by atoms with Crippen molar-refractivity contribution in [2.75, 3.05) is 0 Å². The van der Waals surface area contributed by atoms with E-state index in [1.54, 1.807) is 60.0 Å². The lowest BCUT2D eigenvalue weighted by atomic mass is 9.89. The van der Waals surface area contributed by atoms with Crippen molar-refractivity contribution in [2.45, 2.75) is 38.8 Å². The second-order valence-corrected chi connectivity index (χ2v) is 10.9. The molecule has 0 radical (unpaired) electrons. The molecule has 1 aliphatic rings. The molecule has 222 valence electrons. The van der Waals surface area contributed by atoms with Gasteiger partial charge in [-0.25, -0.2) is 19.4 Å². The number of aliphatic carboxylic acids is 1. The molecule has 1 heterocycles. The quantitative estimate of drug-likeness (QED) is 0.118. The van der Waals surface area contributed by atoms with Crippen LogP contribution in [0.5, 0.6) is 5.75 Å². The molecule has 0 bridgehead atoms. The number of guanidine groups is 1. The summed E-state index contributed by atoms with van der Waals surface area (Å²) in [5.74, 6) is -3.16. The number of amides is 1. The van der Waals surface area contributed by atoms with Gasteiger partial charge in [-0.3, -0.25) is 4.79 Å². The number of ether oxygens (including phenoxy) is 1. The number of aromatic carboxylic acids is 1. The Hall–Kier alpha value is -5.23. The third-order valence-corrected chi connectivity index (χ3v) is 7.81. The fourth-order valence-electron chi connectivity index (χ4n) is 4.48. The van der Waals surface area contributed by atoms with Crippen molar-refractivity contribution in [1.29, 1.82) is 0 Å². The van der Waals surface area contributed by atoms with Crippen molar-refractivity contribution in [2.24, 2.45) is 16.5 Å². The Bertz CT molecular complexity index is 1650. The molecule has 11 nitrogen and oxygen atoms in total. The summed E-state index contributed by atoms with van der Waals surface area (Å²) in [7, 11) is 0. The SMILES string of the molecule is CC1C/C=C(C(=O)N(Cc2csc(C(=O)O)c2)[C@@H](C)C(=O)O)/C=C\c2cc(OC(=O)c3ccc(N=C(N)N)cc3)ccc21. The average Bonchev–Trinajstić information content (AvgIpc) is 3.43. The first-order valence-corrected chi connectivity index (χ1v) is 14.1. The predicted octanol–water partition coefficient (Wildman–Crippen LogP) is 4.52.